The molecule has 0 aromatic heterocycles. The van der Waals surface area contributed by atoms with Gasteiger partial charge in [-0.1, -0.05) is 61.9 Å². The molecule has 0 unspecified atom stereocenters. The van der Waals surface area contributed by atoms with E-state index >= 15 is 0 Å². The van der Waals surface area contributed by atoms with Crippen LogP contribution in [-0.4, -0.2) is 31.5 Å². The fraction of sp³-hybridized carbons (Fsp3) is 0.323. The lowest BCUT2D eigenvalue weighted by atomic mass is 9.81. The molecule has 0 saturated carbocycles. The van der Waals surface area contributed by atoms with E-state index in [-0.39, 0.29) is 10.8 Å². The molecule has 2 aromatic rings. The van der Waals surface area contributed by atoms with Crippen molar-refractivity contribution in [3.8, 4) is 5.75 Å². The number of hydrogen-bond acceptors (Lipinski definition) is 2. The van der Waals surface area contributed by atoms with Gasteiger partial charge in [0.1, 0.15) is 12.8 Å². The third-order valence-electron chi connectivity index (χ3n) is 7.38. The molecule has 2 heterocycles. The zero-order valence-corrected chi connectivity index (χ0v) is 21.8. The Bertz CT molecular complexity index is 1270. The van der Waals surface area contributed by atoms with Crippen LogP contribution in [0.4, 0.5) is 11.4 Å². The summed E-state index contributed by atoms with van der Waals surface area (Å²) in [5, 5.41) is 0. The number of rotatable bonds is 5. The average Bonchev–Trinajstić information content (AvgIpc) is 3.11. The Morgan fingerprint density at radius 2 is 1.56 bits per heavy atom. The normalized spacial score (nSPS) is 19.8. The van der Waals surface area contributed by atoms with Crippen molar-refractivity contribution in [1.29, 1.82) is 0 Å². The van der Waals surface area contributed by atoms with Crippen molar-refractivity contribution >= 4 is 17.1 Å². The molecule has 0 atom stereocenters. The SMILES string of the molecule is COc1ccc2c(c1)C(C)(C)C(C=CC=CC=CC=C1N(C)c3ccc(C)cc3C1(C)C)=[N+]2C. The maximum atomic E-state index is 5.45. The minimum Gasteiger partial charge on any atom is -0.497 e. The second-order valence-corrected chi connectivity index (χ2v) is 10.3. The highest BCUT2D eigenvalue weighted by molar-refractivity contribution is 6.03. The van der Waals surface area contributed by atoms with Gasteiger partial charge >= 0.3 is 0 Å². The van der Waals surface area contributed by atoms with Crippen molar-refractivity contribution in [2.24, 2.45) is 0 Å². The van der Waals surface area contributed by atoms with Crippen LogP contribution in [0.15, 0.2) is 84.6 Å². The largest absolute Gasteiger partial charge is 0.497 e. The summed E-state index contributed by atoms with van der Waals surface area (Å²) in [5.41, 5.74) is 9.04. The third-order valence-corrected chi connectivity index (χ3v) is 7.38. The van der Waals surface area contributed by atoms with Crippen molar-refractivity contribution in [2.45, 2.75) is 45.4 Å². The second kappa shape index (κ2) is 8.79. The lowest BCUT2D eigenvalue weighted by Gasteiger charge is -2.23. The number of likely N-dealkylation sites (N-methyl/N-ethyl adjacent to an activating group) is 1. The van der Waals surface area contributed by atoms with Crippen LogP contribution in [0.2, 0.25) is 0 Å². The van der Waals surface area contributed by atoms with Gasteiger partial charge in [-0.3, -0.25) is 0 Å². The first-order valence-electron chi connectivity index (χ1n) is 12.0. The fourth-order valence-corrected chi connectivity index (χ4v) is 5.38. The lowest BCUT2D eigenvalue weighted by Crippen LogP contribution is -2.26. The predicted molar refractivity (Wildman–Crippen MR) is 145 cm³/mol. The van der Waals surface area contributed by atoms with E-state index in [4.69, 9.17) is 4.74 Å². The van der Waals surface area contributed by atoms with E-state index in [1.165, 1.54) is 39.5 Å². The summed E-state index contributed by atoms with van der Waals surface area (Å²) in [6.07, 6.45) is 15.0. The molecule has 3 nitrogen and oxygen atoms in total. The Hall–Kier alpha value is -3.33. The molecular weight excluding hydrogens is 416 g/mol. The number of methoxy groups -OCH3 is 1. The summed E-state index contributed by atoms with van der Waals surface area (Å²) in [6, 6.07) is 13.1. The van der Waals surface area contributed by atoms with E-state index in [0.29, 0.717) is 0 Å². The highest BCUT2D eigenvalue weighted by Crippen LogP contribution is 2.47. The number of allylic oxidation sites excluding steroid dienone is 8. The van der Waals surface area contributed by atoms with E-state index < -0.39 is 0 Å². The highest BCUT2D eigenvalue weighted by Gasteiger charge is 2.43. The molecule has 3 heteroatoms. The summed E-state index contributed by atoms with van der Waals surface area (Å²) in [5.74, 6) is 0.902. The number of anilines is 1. The second-order valence-electron chi connectivity index (χ2n) is 10.3. The van der Waals surface area contributed by atoms with Crippen LogP contribution in [-0.2, 0) is 10.8 Å². The smallest absolute Gasteiger partial charge is 0.209 e. The lowest BCUT2D eigenvalue weighted by molar-refractivity contribution is -0.401. The summed E-state index contributed by atoms with van der Waals surface area (Å²) >= 11 is 0. The van der Waals surface area contributed by atoms with Crippen molar-refractivity contribution in [1.82, 2.24) is 0 Å². The van der Waals surface area contributed by atoms with Crippen LogP contribution >= 0.6 is 0 Å². The number of nitrogens with zero attached hydrogens (tertiary/aromatic N) is 2. The maximum Gasteiger partial charge on any atom is 0.209 e. The summed E-state index contributed by atoms with van der Waals surface area (Å²) in [6.45, 7) is 11.3. The Kier molecular flexibility index (Phi) is 6.16. The number of aryl methyl sites for hydroxylation is 1. The summed E-state index contributed by atoms with van der Waals surface area (Å²) < 4.78 is 7.72. The Balaban J connectivity index is 1.47. The van der Waals surface area contributed by atoms with Crippen molar-refractivity contribution in [2.75, 3.05) is 26.1 Å². The van der Waals surface area contributed by atoms with Gasteiger partial charge < -0.3 is 9.64 Å². The fourth-order valence-electron chi connectivity index (χ4n) is 5.38. The topological polar surface area (TPSA) is 15.5 Å². The maximum absolute atomic E-state index is 5.45. The summed E-state index contributed by atoms with van der Waals surface area (Å²) in [7, 11) is 6.01. The number of ether oxygens (including phenoxy) is 1. The molecular formula is C31H37N2O+. The van der Waals surface area contributed by atoms with Gasteiger partial charge in [-0.15, -0.1) is 0 Å². The Morgan fingerprint density at radius 1 is 0.853 bits per heavy atom. The predicted octanol–water partition coefficient (Wildman–Crippen LogP) is 6.99. The van der Waals surface area contributed by atoms with Crippen molar-refractivity contribution in [3.05, 3.63) is 101 Å². The zero-order valence-electron chi connectivity index (χ0n) is 21.8. The molecule has 4 rings (SSSR count). The molecule has 34 heavy (non-hydrogen) atoms. The number of hydrogen-bond donors (Lipinski definition) is 0. The average molecular weight is 454 g/mol. The van der Waals surface area contributed by atoms with Crippen LogP contribution in [0.1, 0.15) is 44.4 Å². The van der Waals surface area contributed by atoms with Gasteiger partial charge in [0.25, 0.3) is 0 Å². The first-order valence-corrected chi connectivity index (χ1v) is 12.0. The number of fused-ring (bicyclic) bond motifs is 2. The van der Waals surface area contributed by atoms with Crippen LogP contribution in [0, 0.1) is 6.92 Å². The van der Waals surface area contributed by atoms with Crippen LogP contribution < -0.4 is 9.64 Å². The molecule has 0 fully saturated rings. The first kappa shape index (κ1) is 23.8. The van der Waals surface area contributed by atoms with Gasteiger partial charge in [-0.2, -0.15) is 4.58 Å². The van der Waals surface area contributed by atoms with E-state index in [0.717, 1.165) is 5.75 Å². The van der Waals surface area contributed by atoms with Crippen molar-refractivity contribution < 1.29 is 9.31 Å². The van der Waals surface area contributed by atoms with Crippen LogP contribution in [0.25, 0.3) is 0 Å². The standard InChI is InChI=1S/C31H37N2O/c1-22-16-18-26-24(20-22)30(2,3)28(32(26)6)14-12-10-9-11-13-15-29-31(4,5)25-21-23(34-8)17-19-27(25)33(29)7/h9-21H,1-8H3/q+1. The minimum atomic E-state index is -0.0742. The van der Waals surface area contributed by atoms with E-state index in [1.54, 1.807) is 7.11 Å². The molecule has 0 aliphatic carbocycles. The first-order chi connectivity index (χ1) is 16.1. The Morgan fingerprint density at radius 3 is 2.29 bits per heavy atom. The zero-order chi connectivity index (χ0) is 24.7. The van der Waals surface area contributed by atoms with Gasteiger partial charge in [0, 0.05) is 41.6 Å². The van der Waals surface area contributed by atoms with Gasteiger partial charge in [0.2, 0.25) is 5.69 Å². The summed E-state index contributed by atoms with van der Waals surface area (Å²) in [4.78, 5) is 2.31. The Labute approximate surface area is 205 Å². The molecule has 176 valence electrons. The molecule has 0 bridgehead atoms. The highest BCUT2D eigenvalue weighted by atomic mass is 16.5. The van der Waals surface area contributed by atoms with Crippen molar-refractivity contribution in [3.63, 3.8) is 0 Å². The van der Waals surface area contributed by atoms with Gasteiger partial charge in [-0.25, -0.2) is 0 Å². The molecule has 0 spiro atoms. The molecule has 0 radical (unpaired) electrons. The molecule has 2 aliphatic heterocycles. The third kappa shape index (κ3) is 3.94. The molecule has 2 aliphatic rings. The van der Waals surface area contributed by atoms with Crippen LogP contribution in [0.5, 0.6) is 5.75 Å². The molecule has 2 aromatic carbocycles. The van der Waals surface area contributed by atoms with Crippen LogP contribution in [0.3, 0.4) is 0 Å². The minimum absolute atomic E-state index is 0.00295. The molecule has 0 N–H and O–H groups in total. The van der Waals surface area contributed by atoms with E-state index in [9.17, 15) is 0 Å². The van der Waals surface area contributed by atoms with E-state index in [1.807, 2.05) is 6.07 Å². The monoisotopic (exact) mass is 453 g/mol. The van der Waals surface area contributed by atoms with Gasteiger partial charge in [0.05, 0.1) is 12.5 Å². The van der Waals surface area contributed by atoms with Gasteiger partial charge in [-0.05, 0) is 50.6 Å². The molecule has 0 amide bonds. The van der Waals surface area contributed by atoms with E-state index in [2.05, 4.69) is 131 Å². The molecule has 0 saturated heterocycles. The quantitative estimate of drug-likeness (QED) is 0.358. The van der Waals surface area contributed by atoms with Gasteiger partial charge in [0.15, 0.2) is 5.71 Å². The number of benzene rings is 2.